The highest BCUT2D eigenvalue weighted by Gasteiger charge is 2.30. The number of carbonyl (C=O) groups excluding carboxylic acids is 2. The summed E-state index contributed by atoms with van der Waals surface area (Å²) in [4.78, 5) is 34.7. The van der Waals surface area contributed by atoms with Crippen molar-refractivity contribution in [1.29, 1.82) is 0 Å². The molecule has 0 aromatic carbocycles. The molecule has 0 spiro atoms. The number of likely N-dealkylation sites (tertiary alicyclic amines) is 1. The van der Waals surface area contributed by atoms with Crippen molar-refractivity contribution in [2.75, 3.05) is 25.0 Å². The molecule has 0 bridgehead atoms. The molecule has 1 saturated heterocycles. The maximum atomic E-state index is 12.4. The van der Waals surface area contributed by atoms with Crippen LogP contribution in [0.1, 0.15) is 39.5 Å². The molecule has 2 atom stereocenters. The Morgan fingerprint density at radius 3 is 2.83 bits per heavy atom. The van der Waals surface area contributed by atoms with Gasteiger partial charge < -0.3 is 5.32 Å². The molecular weight excluding hydrogens is 306 g/mol. The Hall–Kier alpha value is -2.02. The normalized spacial score (nSPS) is 19.5. The topological polar surface area (TPSA) is 87.2 Å². The van der Waals surface area contributed by atoms with Gasteiger partial charge in [-0.1, -0.05) is 13.3 Å². The van der Waals surface area contributed by atoms with Crippen molar-refractivity contribution < 1.29 is 9.59 Å². The predicted octanol–water partition coefficient (Wildman–Crippen LogP) is 1.43. The van der Waals surface area contributed by atoms with Gasteiger partial charge in [0.15, 0.2) is 0 Å². The molecule has 1 aliphatic heterocycles. The van der Waals surface area contributed by atoms with E-state index in [2.05, 4.69) is 32.4 Å². The van der Waals surface area contributed by atoms with Gasteiger partial charge in [-0.3, -0.25) is 19.8 Å². The fourth-order valence-electron chi connectivity index (χ4n) is 2.85. The molecule has 2 amide bonds. The molecule has 1 aliphatic rings. The molecule has 2 N–H and O–H groups in total. The summed E-state index contributed by atoms with van der Waals surface area (Å²) < 4.78 is 0. The molecule has 1 fully saturated rings. The standard InChI is InChI=1S/C17H27N5O2/c1-3-4-8-18-16(24)14-7-5-11-22(12-14)13(2)15(23)21-17-19-9-6-10-20-17/h6,9-10,13-14H,3-5,7-8,11-12H2,1-2H3,(H,18,24)(H,19,20,21,23). The van der Waals surface area contributed by atoms with E-state index in [1.807, 2.05) is 6.92 Å². The third kappa shape index (κ3) is 5.26. The minimum absolute atomic E-state index is 0.0427. The highest BCUT2D eigenvalue weighted by atomic mass is 16.2. The van der Waals surface area contributed by atoms with Crippen LogP contribution in [-0.4, -0.2) is 52.4 Å². The van der Waals surface area contributed by atoms with Crippen LogP contribution in [0.2, 0.25) is 0 Å². The molecule has 7 nitrogen and oxygen atoms in total. The maximum absolute atomic E-state index is 12.4. The van der Waals surface area contributed by atoms with E-state index in [1.54, 1.807) is 18.5 Å². The molecular formula is C17H27N5O2. The van der Waals surface area contributed by atoms with Crippen molar-refractivity contribution in [3.63, 3.8) is 0 Å². The van der Waals surface area contributed by atoms with Crippen LogP contribution in [0.15, 0.2) is 18.5 Å². The highest BCUT2D eigenvalue weighted by Crippen LogP contribution is 2.19. The smallest absolute Gasteiger partial charge is 0.243 e. The Bertz CT molecular complexity index is 537. The molecule has 132 valence electrons. The fraction of sp³-hybridized carbons (Fsp3) is 0.647. The number of rotatable bonds is 7. The number of hydrogen-bond acceptors (Lipinski definition) is 5. The van der Waals surface area contributed by atoms with Crippen molar-refractivity contribution in [2.24, 2.45) is 5.92 Å². The number of hydrogen-bond donors (Lipinski definition) is 2. The van der Waals surface area contributed by atoms with Crippen LogP contribution in [0.25, 0.3) is 0 Å². The van der Waals surface area contributed by atoms with E-state index in [9.17, 15) is 9.59 Å². The van der Waals surface area contributed by atoms with Crippen molar-refractivity contribution in [2.45, 2.75) is 45.6 Å². The zero-order valence-corrected chi connectivity index (χ0v) is 14.5. The van der Waals surface area contributed by atoms with Crippen LogP contribution >= 0.6 is 0 Å². The maximum Gasteiger partial charge on any atom is 0.243 e. The van der Waals surface area contributed by atoms with Crippen LogP contribution in [0.4, 0.5) is 5.95 Å². The Morgan fingerprint density at radius 2 is 2.12 bits per heavy atom. The second-order valence-electron chi connectivity index (χ2n) is 6.22. The summed E-state index contributed by atoms with van der Waals surface area (Å²) >= 11 is 0. The molecule has 1 aromatic heterocycles. The first-order valence-corrected chi connectivity index (χ1v) is 8.71. The summed E-state index contributed by atoms with van der Waals surface area (Å²) in [6.45, 7) is 6.12. The van der Waals surface area contributed by atoms with Gasteiger partial charge in [0.05, 0.1) is 12.0 Å². The van der Waals surface area contributed by atoms with Crippen LogP contribution in [0, 0.1) is 5.92 Å². The fourth-order valence-corrected chi connectivity index (χ4v) is 2.85. The van der Waals surface area contributed by atoms with Gasteiger partial charge in [0.25, 0.3) is 0 Å². The first-order valence-electron chi connectivity index (χ1n) is 8.71. The average Bonchev–Trinajstić information content (AvgIpc) is 2.62. The summed E-state index contributed by atoms with van der Waals surface area (Å²) in [5, 5.41) is 5.72. The van der Waals surface area contributed by atoms with E-state index in [0.717, 1.165) is 38.8 Å². The van der Waals surface area contributed by atoms with Crippen molar-refractivity contribution in [1.82, 2.24) is 20.2 Å². The van der Waals surface area contributed by atoms with Crippen LogP contribution in [-0.2, 0) is 9.59 Å². The SMILES string of the molecule is CCCCNC(=O)C1CCCN(C(C)C(=O)Nc2ncccn2)C1. The van der Waals surface area contributed by atoms with Gasteiger partial charge in [0.1, 0.15) is 0 Å². The van der Waals surface area contributed by atoms with Crippen molar-refractivity contribution >= 4 is 17.8 Å². The quantitative estimate of drug-likeness (QED) is 0.737. The number of unbranched alkanes of at least 4 members (excludes halogenated alkanes) is 1. The number of aromatic nitrogens is 2. The molecule has 2 rings (SSSR count). The molecule has 0 saturated carbocycles. The van der Waals surface area contributed by atoms with Gasteiger partial charge in [-0.25, -0.2) is 9.97 Å². The monoisotopic (exact) mass is 333 g/mol. The second-order valence-corrected chi connectivity index (χ2v) is 6.22. The summed E-state index contributed by atoms with van der Waals surface area (Å²) in [5.74, 6) is 0.222. The summed E-state index contributed by atoms with van der Waals surface area (Å²) in [7, 11) is 0. The largest absolute Gasteiger partial charge is 0.356 e. The van der Waals surface area contributed by atoms with E-state index < -0.39 is 0 Å². The molecule has 24 heavy (non-hydrogen) atoms. The Morgan fingerprint density at radius 1 is 1.38 bits per heavy atom. The number of piperidine rings is 1. The highest BCUT2D eigenvalue weighted by molar-refractivity contribution is 5.93. The zero-order chi connectivity index (χ0) is 17.4. The summed E-state index contributed by atoms with van der Waals surface area (Å²) in [6, 6.07) is 1.38. The Kier molecular flexibility index (Phi) is 7.11. The van der Waals surface area contributed by atoms with Crippen LogP contribution in [0.5, 0.6) is 0 Å². The third-order valence-electron chi connectivity index (χ3n) is 4.38. The number of nitrogens with zero attached hydrogens (tertiary/aromatic N) is 3. The van der Waals surface area contributed by atoms with Crippen LogP contribution in [0.3, 0.4) is 0 Å². The van der Waals surface area contributed by atoms with E-state index >= 15 is 0 Å². The van der Waals surface area contributed by atoms with Crippen LogP contribution < -0.4 is 10.6 Å². The third-order valence-corrected chi connectivity index (χ3v) is 4.38. The van der Waals surface area contributed by atoms with Crippen molar-refractivity contribution in [3.8, 4) is 0 Å². The van der Waals surface area contributed by atoms with E-state index in [1.165, 1.54) is 0 Å². The van der Waals surface area contributed by atoms with Gasteiger partial charge in [0, 0.05) is 25.5 Å². The first-order chi connectivity index (χ1) is 11.6. The van der Waals surface area contributed by atoms with Crippen molar-refractivity contribution in [3.05, 3.63) is 18.5 Å². The number of nitrogens with one attached hydrogen (secondary N) is 2. The molecule has 7 heteroatoms. The van der Waals surface area contributed by atoms with E-state index in [0.29, 0.717) is 12.5 Å². The second kappa shape index (κ2) is 9.32. The van der Waals surface area contributed by atoms with Gasteiger partial charge in [0.2, 0.25) is 17.8 Å². The molecule has 2 unspecified atom stereocenters. The van der Waals surface area contributed by atoms with Gasteiger partial charge in [-0.2, -0.15) is 0 Å². The minimum Gasteiger partial charge on any atom is -0.356 e. The molecule has 0 radical (unpaired) electrons. The number of anilines is 1. The average molecular weight is 333 g/mol. The number of carbonyl (C=O) groups is 2. The van der Waals surface area contributed by atoms with E-state index in [4.69, 9.17) is 0 Å². The van der Waals surface area contributed by atoms with Gasteiger partial charge in [-0.15, -0.1) is 0 Å². The minimum atomic E-state index is -0.319. The lowest BCUT2D eigenvalue weighted by Crippen LogP contribution is -2.50. The Balaban J connectivity index is 1.86. The predicted molar refractivity (Wildman–Crippen MR) is 92.3 cm³/mol. The summed E-state index contributed by atoms with van der Waals surface area (Å²) in [6.07, 6.45) is 7.04. The molecule has 0 aliphatic carbocycles. The molecule has 2 heterocycles. The lowest BCUT2D eigenvalue weighted by molar-refractivity contribution is -0.129. The number of amides is 2. The first kappa shape index (κ1) is 18.3. The lowest BCUT2D eigenvalue weighted by Gasteiger charge is -2.35. The summed E-state index contributed by atoms with van der Waals surface area (Å²) in [5.41, 5.74) is 0. The molecule has 1 aromatic rings. The van der Waals surface area contributed by atoms with Gasteiger partial charge in [-0.05, 0) is 38.8 Å². The lowest BCUT2D eigenvalue weighted by atomic mass is 9.96. The van der Waals surface area contributed by atoms with Gasteiger partial charge >= 0.3 is 0 Å². The zero-order valence-electron chi connectivity index (χ0n) is 14.5. The Labute approximate surface area is 143 Å². The van der Waals surface area contributed by atoms with E-state index in [-0.39, 0.29) is 23.8 Å².